The zero-order valence-corrected chi connectivity index (χ0v) is 18.7. The third-order valence-corrected chi connectivity index (χ3v) is 7.36. The molecule has 8 nitrogen and oxygen atoms in total. The molecule has 0 spiro atoms. The molecular weight excluding hydrogens is 442 g/mol. The summed E-state index contributed by atoms with van der Waals surface area (Å²) < 4.78 is 44.4. The molecule has 1 aliphatic heterocycles. The lowest BCUT2D eigenvalue weighted by Gasteiger charge is -2.30. The van der Waals surface area contributed by atoms with Gasteiger partial charge in [0.15, 0.2) is 0 Å². The van der Waals surface area contributed by atoms with Gasteiger partial charge in [0, 0.05) is 23.7 Å². The van der Waals surface area contributed by atoms with Gasteiger partial charge >= 0.3 is 0 Å². The number of hydrogen-bond acceptors (Lipinski definition) is 7. The van der Waals surface area contributed by atoms with Gasteiger partial charge in [-0.15, -0.1) is 10.2 Å². The number of benzene rings is 2. The Hall–Kier alpha value is -2.62. The molecule has 0 saturated carbocycles. The van der Waals surface area contributed by atoms with Crippen LogP contribution < -0.4 is 9.47 Å². The van der Waals surface area contributed by atoms with Gasteiger partial charge in [-0.3, -0.25) is 0 Å². The van der Waals surface area contributed by atoms with Crippen LogP contribution in [0.4, 0.5) is 0 Å². The number of hydrogen-bond donors (Lipinski definition) is 0. The number of ether oxygens (including phenoxy) is 2. The molecule has 0 aliphatic carbocycles. The number of sulfonamides is 1. The first-order chi connectivity index (χ1) is 14.9. The van der Waals surface area contributed by atoms with Gasteiger partial charge in [-0.1, -0.05) is 17.7 Å². The smallest absolute Gasteiger partial charge is 0.247 e. The Morgan fingerprint density at radius 2 is 1.97 bits per heavy atom. The summed E-state index contributed by atoms with van der Waals surface area (Å²) in [6.45, 7) is 0.628. The Morgan fingerprint density at radius 1 is 1.13 bits per heavy atom. The molecule has 31 heavy (non-hydrogen) atoms. The topological polar surface area (TPSA) is 94.8 Å². The Kier molecular flexibility index (Phi) is 6.17. The Labute approximate surface area is 185 Å². The van der Waals surface area contributed by atoms with Crippen LogP contribution in [-0.2, 0) is 10.0 Å². The zero-order chi connectivity index (χ0) is 22.0. The molecule has 0 amide bonds. The molecule has 1 saturated heterocycles. The van der Waals surface area contributed by atoms with E-state index in [4.69, 9.17) is 25.5 Å². The van der Waals surface area contributed by atoms with E-state index in [1.165, 1.54) is 17.5 Å². The van der Waals surface area contributed by atoms with E-state index in [0.29, 0.717) is 35.5 Å². The first-order valence-electron chi connectivity index (χ1n) is 9.74. The molecule has 4 rings (SSSR count). The average Bonchev–Trinajstić information content (AvgIpc) is 3.29. The highest BCUT2D eigenvalue weighted by molar-refractivity contribution is 7.89. The van der Waals surface area contributed by atoms with Crippen molar-refractivity contribution >= 4 is 21.6 Å². The van der Waals surface area contributed by atoms with Crippen LogP contribution in [0.1, 0.15) is 24.7 Å². The van der Waals surface area contributed by atoms with Crippen molar-refractivity contribution in [2.75, 3.05) is 27.3 Å². The Bertz CT molecular complexity index is 1180. The monoisotopic (exact) mass is 463 g/mol. The van der Waals surface area contributed by atoms with Crippen LogP contribution in [0.25, 0.3) is 11.5 Å². The van der Waals surface area contributed by atoms with E-state index >= 15 is 0 Å². The van der Waals surface area contributed by atoms with Crippen LogP contribution in [0.5, 0.6) is 11.5 Å². The van der Waals surface area contributed by atoms with Crippen LogP contribution in [0.2, 0.25) is 5.02 Å². The summed E-state index contributed by atoms with van der Waals surface area (Å²) in [4.78, 5) is 0.0470. The maximum absolute atomic E-state index is 13.3. The molecule has 2 aromatic carbocycles. The van der Waals surface area contributed by atoms with Gasteiger partial charge in [-0.2, -0.15) is 4.31 Å². The van der Waals surface area contributed by atoms with Gasteiger partial charge in [0.1, 0.15) is 16.4 Å². The quantitative estimate of drug-likeness (QED) is 0.545. The molecule has 1 aliphatic rings. The summed E-state index contributed by atoms with van der Waals surface area (Å²) in [6.07, 6.45) is 1.42. The number of methoxy groups -OCH3 is 2. The molecule has 1 atom stereocenters. The minimum atomic E-state index is -3.81. The molecule has 2 heterocycles. The van der Waals surface area contributed by atoms with Crippen LogP contribution in [0, 0.1) is 0 Å². The van der Waals surface area contributed by atoms with Gasteiger partial charge in [0.25, 0.3) is 0 Å². The van der Waals surface area contributed by atoms with Gasteiger partial charge in [0.05, 0.1) is 20.1 Å². The van der Waals surface area contributed by atoms with Crippen molar-refractivity contribution in [3.63, 3.8) is 0 Å². The third-order valence-electron chi connectivity index (χ3n) is 5.23. The fraction of sp³-hybridized carbons (Fsp3) is 0.333. The normalized spacial score (nSPS) is 17.5. The van der Waals surface area contributed by atoms with Crippen molar-refractivity contribution in [3.8, 4) is 23.0 Å². The molecule has 1 aromatic heterocycles. The minimum absolute atomic E-state index is 0.0470. The molecular formula is C21H22ClN3O5S. The standard InChI is InChI=1S/C21H22ClN3O5S/c1-28-17-7-3-5-14(11-17)20-23-24-21(30-20)15-6-4-10-25(13-15)31(26,27)19-12-16(22)8-9-18(19)29-2/h3,5,7-9,11-12,15H,4,6,10,13H2,1-2H3. The molecule has 3 aromatic rings. The maximum atomic E-state index is 13.3. The highest BCUT2D eigenvalue weighted by atomic mass is 35.5. The molecule has 0 radical (unpaired) electrons. The van der Waals surface area contributed by atoms with Crippen molar-refractivity contribution in [2.24, 2.45) is 0 Å². The van der Waals surface area contributed by atoms with E-state index in [-0.39, 0.29) is 23.1 Å². The predicted molar refractivity (Wildman–Crippen MR) is 115 cm³/mol. The van der Waals surface area contributed by atoms with Crippen molar-refractivity contribution < 1.29 is 22.3 Å². The van der Waals surface area contributed by atoms with Crippen molar-refractivity contribution in [1.29, 1.82) is 0 Å². The molecule has 10 heteroatoms. The summed E-state index contributed by atoms with van der Waals surface area (Å²) in [5, 5.41) is 8.65. The van der Waals surface area contributed by atoms with Gasteiger partial charge in [-0.25, -0.2) is 8.42 Å². The molecule has 0 bridgehead atoms. The highest BCUT2D eigenvalue weighted by Crippen LogP contribution is 2.35. The van der Waals surface area contributed by atoms with Crippen LogP contribution >= 0.6 is 11.6 Å². The average molecular weight is 464 g/mol. The molecule has 1 unspecified atom stereocenters. The summed E-state index contributed by atoms with van der Waals surface area (Å²) in [6, 6.07) is 11.9. The fourth-order valence-corrected chi connectivity index (χ4v) is 5.57. The van der Waals surface area contributed by atoms with Crippen molar-refractivity contribution in [2.45, 2.75) is 23.7 Å². The van der Waals surface area contributed by atoms with Crippen LogP contribution in [0.3, 0.4) is 0 Å². The lowest BCUT2D eigenvalue weighted by Crippen LogP contribution is -2.39. The van der Waals surface area contributed by atoms with E-state index in [9.17, 15) is 8.42 Å². The molecule has 0 N–H and O–H groups in total. The SMILES string of the molecule is COc1cccc(-c2nnc(C3CCCN(S(=O)(=O)c4cc(Cl)ccc4OC)C3)o2)c1. The largest absolute Gasteiger partial charge is 0.497 e. The zero-order valence-electron chi connectivity index (χ0n) is 17.1. The number of rotatable bonds is 6. The van der Waals surface area contributed by atoms with E-state index in [1.54, 1.807) is 25.3 Å². The van der Waals surface area contributed by atoms with Crippen molar-refractivity contribution in [3.05, 3.63) is 53.4 Å². The summed E-state index contributed by atoms with van der Waals surface area (Å²) in [5.74, 6) is 1.51. The van der Waals surface area contributed by atoms with E-state index in [0.717, 1.165) is 12.0 Å². The summed E-state index contributed by atoms with van der Waals surface area (Å²) >= 11 is 6.05. The minimum Gasteiger partial charge on any atom is -0.497 e. The third kappa shape index (κ3) is 4.39. The highest BCUT2D eigenvalue weighted by Gasteiger charge is 2.35. The lowest BCUT2D eigenvalue weighted by molar-refractivity contribution is 0.285. The maximum Gasteiger partial charge on any atom is 0.247 e. The van der Waals surface area contributed by atoms with Gasteiger partial charge in [-0.05, 0) is 49.2 Å². The lowest BCUT2D eigenvalue weighted by atomic mass is 10.00. The second kappa shape index (κ2) is 8.86. The van der Waals surface area contributed by atoms with E-state index in [2.05, 4.69) is 10.2 Å². The first kappa shape index (κ1) is 21.6. The number of halogens is 1. The second-order valence-corrected chi connectivity index (χ2v) is 9.52. The predicted octanol–water partition coefficient (Wildman–Crippen LogP) is 3.98. The number of aromatic nitrogens is 2. The number of nitrogens with zero attached hydrogens (tertiary/aromatic N) is 3. The summed E-state index contributed by atoms with van der Waals surface area (Å²) in [5.41, 5.74) is 0.738. The first-order valence-corrected chi connectivity index (χ1v) is 11.6. The Morgan fingerprint density at radius 3 is 2.74 bits per heavy atom. The summed E-state index contributed by atoms with van der Waals surface area (Å²) in [7, 11) is -0.787. The molecule has 164 valence electrons. The Balaban J connectivity index is 1.58. The van der Waals surface area contributed by atoms with Gasteiger partial charge in [0.2, 0.25) is 21.8 Å². The second-order valence-electron chi connectivity index (χ2n) is 7.17. The van der Waals surface area contributed by atoms with E-state index in [1.807, 2.05) is 18.2 Å². The molecule has 1 fully saturated rings. The van der Waals surface area contributed by atoms with Crippen molar-refractivity contribution in [1.82, 2.24) is 14.5 Å². The number of piperidine rings is 1. The van der Waals surface area contributed by atoms with Crippen LogP contribution in [0.15, 0.2) is 51.8 Å². The van der Waals surface area contributed by atoms with Crippen LogP contribution in [-0.4, -0.2) is 50.2 Å². The van der Waals surface area contributed by atoms with E-state index < -0.39 is 10.0 Å². The fourth-order valence-electron chi connectivity index (χ4n) is 3.63. The van der Waals surface area contributed by atoms with Gasteiger partial charge < -0.3 is 13.9 Å².